The molecule has 0 saturated heterocycles. The summed E-state index contributed by atoms with van der Waals surface area (Å²) >= 11 is 1.67. The molecule has 0 spiro atoms. The minimum atomic E-state index is -0.0297. The van der Waals surface area contributed by atoms with E-state index in [1.54, 1.807) is 11.3 Å². The van der Waals surface area contributed by atoms with Crippen LogP contribution in [-0.4, -0.2) is 12.1 Å². The highest BCUT2D eigenvalue weighted by Gasteiger charge is 2.19. The maximum absolute atomic E-state index is 11.7. The van der Waals surface area contributed by atoms with Gasteiger partial charge in [0.1, 0.15) is 0 Å². The van der Waals surface area contributed by atoms with Gasteiger partial charge in [0.15, 0.2) is 0 Å². The molecule has 1 aliphatic carbocycles. The second-order valence-electron chi connectivity index (χ2n) is 4.86. The number of rotatable bonds is 3. The molecule has 1 saturated carbocycles. The van der Waals surface area contributed by atoms with Gasteiger partial charge in [-0.3, -0.25) is 0 Å². The number of hydrogen-bond acceptors (Lipinski definition) is 2. The molecule has 0 bridgehead atoms. The standard InChI is InChI=1S/C13H20N2OS/c1-10-4-6-11(7-5-10)15-13(16)14-9-12-3-2-8-17-12/h2-3,8,10-11H,4-7,9H2,1H3,(H2,14,15,16). The highest BCUT2D eigenvalue weighted by molar-refractivity contribution is 7.09. The van der Waals surface area contributed by atoms with E-state index in [1.165, 1.54) is 17.7 Å². The van der Waals surface area contributed by atoms with E-state index in [9.17, 15) is 4.79 Å². The zero-order valence-electron chi connectivity index (χ0n) is 10.2. The van der Waals surface area contributed by atoms with Gasteiger partial charge in [-0.25, -0.2) is 4.79 Å². The van der Waals surface area contributed by atoms with Gasteiger partial charge in [0.25, 0.3) is 0 Å². The molecule has 94 valence electrons. The Labute approximate surface area is 107 Å². The van der Waals surface area contributed by atoms with Gasteiger partial charge in [-0.15, -0.1) is 11.3 Å². The molecule has 0 aliphatic heterocycles. The summed E-state index contributed by atoms with van der Waals surface area (Å²) in [5.41, 5.74) is 0. The van der Waals surface area contributed by atoms with Gasteiger partial charge in [0.2, 0.25) is 0 Å². The van der Waals surface area contributed by atoms with Crippen LogP contribution in [-0.2, 0) is 6.54 Å². The molecule has 2 amide bonds. The van der Waals surface area contributed by atoms with Crippen LogP contribution in [0.5, 0.6) is 0 Å². The number of urea groups is 1. The third-order valence-corrected chi connectivity index (χ3v) is 4.23. The molecule has 1 fully saturated rings. The van der Waals surface area contributed by atoms with Crippen LogP contribution in [0, 0.1) is 5.92 Å². The number of nitrogens with one attached hydrogen (secondary N) is 2. The van der Waals surface area contributed by atoms with Crippen LogP contribution in [0.15, 0.2) is 17.5 Å². The first-order valence-electron chi connectivity index (χ1n) is 6.31. The van der Waals surface area contributed by atoms with Gasteiger partial charge < -0.3 is 10.6 Å². The van der Waals surface area contributed by atoms with Gasteiger partial charge in [0.05, 0.1) is 6.54 Å². The lowest BCUT2D eigenvalue weighted by atomic mass is 9.87. The van der Waals surface area contributed by atoms with Crippen molar-refractivity contribution in [2.24, 2.45) is 5.92 Å². The molecule has 0 atom stereocenters. The lowest BCUT2D eigenvalue weighted by Crippen LogP contribution is -2.43. The fourth-order valence-corrected chi connectivity index (χ4v) is 2.87. The van der Waals surface area contributed by atoms with Crippen molar-refractivity contribution in [3.05, 3.63) is 22.4 Å². The second kappa shape index (κ2) is 6.05. The fourth-order valence-electron chi connectivity index (χ4n) is 2.22. The number of hydrogen-bond donors (Lipinski definition) is 2. The first-order chi connectivity index (χ1) is 8.24. The smallest absolute Gasteiger partial charge is 0.315 e. The van der Waals surface area contributed by atoms with Crippen molar-refractivity contribution in [1.82, 2.24) is 10.6 Å². The topological polar surface area (TPSA) is 41.1 Å². The zero-order valence-corrected chi connectivity index (χ0v) is 11.1. The Morgan fingerprint density at radius 2 is 2.18 bits per heavy atom. The summed E-state index contributed by atoms with van der Waals surface area (Å²) in [4.78, 5) is 12.9. The number of carbonyl (C=O) groups is 1. The van der Waals surface area contributed by atoms with Crippen molar-refractivity contribution in [3.63, 3.8) is 0 Å². The summed E-state index contributed by atoms with van der Waals surface area (Å²) in [6, 6.07) is 4.38. The third-order valence-electron chi connectivity index (χ3n) is 3.35. The van der Waals surface area contributed by atoms with Crippen molar-refractivity contribution < 1.29 is 4.79 Å². The van der Waals surface area contributed by atoms with Crippen LogP contribution >= 0.6 is 11.3 Å². The van der Waals surface area contributed by atoms with E-state index in [0.29, 0.717) is 12.6 Å². The minimum absolute atomic E-state index is 0.0297. The number of carbonyl (C=O) groups excluding carboxylic acids is 1. The van der Waals surface area contributed by atoms with E-state index in [4.69, 9.17) is 0 Å². The van der Waals surface area contributed by atoms with Crippen LogP contribution in [0.1, 0.15) is 37.5 Å². The van der Waals surface area contributed by atoms with Gasteiger partial charge >= 0.3 is 6.03 Å². The molecule has 3 nitrogen and oxygen atoms in total. The Bertz CT molecular complexity index is 342. The molecule has 2 rings (SSSR count). The first kappa shape index (κ1) is 12.4. The molecule has 0 radical (unpaired) electrons. The quantitative estimate of drug-likeness (QED) is 0.852. The van der Waals surface area contributed by atoms with Crippen LogP contribution in [0.25, 0.3) is 0 Å². The van der Waals surface area contributed by atoms with E-state index in [2.05, 4.69) is 17.6 Å². The predicted molar refractivity (Wildman–Crippen MR) is 71.1 cm³/mol. The monoisotopic (exact) mass is 252 g/mol. The Kier molecular flexibility index (Phi) is 4.42. The fraction of sp³-hybridized carbons (Fsp3) is 0.615. The van der Waals surface area contributed by atoms with E-state index in [0.717, 1.165) is 18.8 Å². The summed E-state index contributed by atoms with van der Waals surface area (Å²) in [6.45, 7) is 2.92. The maximum atomic E-state index is 11.7. The lowest BCUT2D eigenvalue weighted by Gasteiger charge is -2.26. The summed E-state index contributed by atoms with van der Waals surface area (Å²) in [5, 5.41) is 7.99. The van der Waals surface area contributed by atoms with Crippen molar-refractivity contribution in [3.8, 4) is 0 Å². The Morgan fingerprint density at radius 3 is 2.82 bits per heavy atom. The maximum Gasteiger partial charge on any atom is 0.315 e. The molecule has 1 heterocycles. The van der Waals surface area contributed by atoms with Gasteiger partial charge in [-0.2, -0.15) is 0 Å². The zero-order chi connectivity index (χ0) is 12.1. The normalized spacial score (nSPS) is 24.3. The highest BCUT2D eigenvalue weighted by Crippen LogP contribution is 2.23. The summed E-state index contributed by atoms with van der Waals surface area (Å²) in [5.74, 6) is 0.822. The largest absolute Gasteiger partial charge is 0.335 e. The summed E-state index contributed by atoms with van der Waals surface area (Å²) < 4.78 is 0. The summed E-state index contributed by atoms with van der Waals surface area (Å²) in [6.07, 6.45) is 4.70. The molecule has 1 aliphatic rings. The van der Waals surface area contributed by atoms with Crippen LogP contribution in [0.3, 0.4) is 0 Å². The second-order valence-corrected chi connectivity index (χ2v) is 5.90. The van der Waals surface area contributed by atoms with Gasteiger partial charge in [0, 0.05) is 10.9 Å². The molecule has 0 unspecified atom stereocenters. The lowest BCUT2D eigenvalue weighted by molar-refractivity contribution is 0.228. The number of amides is 2. The van der Waals surface area contributed by atoms with Crippen LogP contribution < -0.4 is 10.6 Å². The van der Waals surface area contributed by atoms with E-state index >= 15 is 0 Å². The Hall–Kier alpha value is -1.03. The molecule has 17 heavy (non-hydrogen) atoms. The molecule has 0 aromatic carbocycles. The van der Waals surface area contributed by atoms with Gasteiger partial charge in [-0.1, -0.05) is 13.0 Å². The molecule has 4 heteroatoms. The molecule has 1 aromatic heterocycles. The van der Waals surface area contributed by atoms with E-state index in [1.807, 2.05) is 17.5 Å². The van der Waals surface area contributed by atoms with E-state index in [-0.39, 0.29) is 6.03 Å². The predicted octanol–water partition coefficient (Wildman–Crippen LogP) is 3.13. The summed E-state index contributed by atoms with van der Waals surface area (Å²) in [7, 11) is 0. The van der Waals surface area contributed by atoms with Crippen molar-refractivity contribution in [2.45, 2.75) is 45.2 Å². The SMILES string of the molecule is CC1CCC(NC(=O)NCc2cccs2)CC1. The van der Waals surface area contributed by atoms with Crippen molar-refractivity contribution in [2.75, 3.05) is 0 Å². The van der Waals surface area contributed by atoms with Crippen LogP contribution in [0.2, 0.25) is 0 Å². The Morgan fingerprint density at radius 1 is 1.41 bits per heavy atom. The third kappa shape index (κ3) is 4.04. The van der Waals surface area contributed by atoms with Crippen molar-refractivity contribution >= 4 is 17.4 Å². The number of thiophene rings is 1. The molecular weight excluding hydrogens is 232 g/mol. The highest BCUT2D eigenvalue weighted by atomic mass is 32.1. The first-order valence-corrected chi connectivity index (χ1v) is 7.19. The Balaban J connectivity index is 1.67. The molecular formula is C13H20N2OS. The van der Waals surface area contributed by atoms with Gasteiger partial charge in [-0.05, 0) is 43.0 Å². The molecule has 2 N–H and O–H groups in total. The molecule has 1 aromatic rings. The van der Waals surface area contributed by atoms with Crippen molar-refractivity contribution in [1.29, 1.82) is 0 Å². The van der Waals surface area contributed by atoms with Crippen LogP contribution in [0.4, 0.5) is 4.79 Å². The average molecular weight is 252 g/mol. The average Bonchev–Trinajstić information content (AvgIpc) is 2.83. The van der Waals surface area contributed by atoms with E-state index < -0.39 is 0 Å². The minimum Gasteiger partial charge on any atom is -0.335 e.